The highest BCUT2D eigenvalue weighted by Gasteiger charge is 2.43. The summed E-state index contributed by atoms with van der Waals surface area (Å²) < 4.78 is 0. The van der Waals surface area contributed by atoms with E-state index in [1.807, 2.05) is 13.8 Å². The van der Waals surface area contributed by atoms with E-state index in [1.54, 1.807) is 0 Å². The Morgan fingerprint density at radius 3 is 2.25 bits per heavy atom. The van der Waals surface area contributed by atoms with Crippen molar-refractivity contribution in [3.05, 3.63) is 0 Å². The second-order valence-electron chi connectivity index (χ2n) is 6.26. The predicted octanol–water partition coefficient (Wildman–Crippen LogP) is 4.45. The summed E-state index contributed by atoms with van der Waals surface area (Å²) in [5.74, 6) is 2.51. The summed E-state index contributed by atoms with van der Waals surface area (Å²) in [5.41, 5.74) is 0.400. The van der Waals surface area contributed by atoms with Gasteiger partial charge in [0.05, 0.1) is 0 Å². The minimum atomic E-state index is 0.400. The van der Waals surface area contributed by atoms with Crippen molar-refractivity contribution >= 4 is 5.78 Å². The molecule has 0 aliphatic heterocycles. The average Bonchev–Trinajstić information content (AvgIpc) is 2.65. The molecule has 0 spiro atoms. The van der Waals surface area contributed by atoms with Crippen LogP contribution in [0.15, 0.2) is 0 Å². The highest BCUT2D eigenvalue weighted by Crippen LogP contribution is 2.49. The largest absolute Gasteiger partial charge is 0.299 e. The third-order valence-electron chi connectivity index (χ3n) is 4.33. The number of Topliss-reactive ketones (excluding diaryl/α,β-unsaturated/α-hetero) is 1. The number of rotatable bonds is 0. The van der Waals surface area contributed by atoms with E-state index in [9.17, 15) is 4.79 Å². The third kappa shape index (κ3) is 2.87. The summed E-state index contributed by atoms with van der Waals surface area (Å²) in [6, 6.07) is 0. The Bertz CT molecular complexity index is 236. The summed E-state index contributed by atoms with van der Waals surface area (Å²) in [6.45, 7) is 11.0. The van der Waals surface area contributed by atoms with Crippen molar-refractivity contribution in [2.24, 2.45) is 23.2 Å². The lowest BCUT2D eigenvalue weighted by molar-refractivity contribution is -0.125. The van der Waals surface area contributed by atoms with Gasteiger partial charge in [0.15, 0.2) is 0 Å². The fraction of sp³-hybridized carbons (Fsp3) is 0.933. The number of ketones is 1. The summed E-state index contributed by atoms with van der Waals surface area (Å²) in [5, 5.41) is 0. The van der Waals surface area contributed by atoms with Gasteiger partial charge < -0.3 is 0 Å². The lowest BCUT2D eigenvalue weighted by atomic mass is 9.79. The standard InChI is InChI=1S/C13H22O.C2H6/c1-13(2,3)10-7-9-5-4-6-12(14)11(9)8-10;1-2/h9-11H,4-8H2,1-3H3;1-2H3. The van der Waals surface area contributed by atoms with Crippen LogP contribution in [0.1, 0.15) is 66.7 Å². The fourth-order valence-corrected chi connectivity index (χ4v) is 3.27. The van der Waals surface area contributed by atoms with Crippen LogP contribution in [0.2, 0.25) is 0 Å². The number of hydrogen-bond donors (Lipinski definition) is 0. The highest BCUT2D eigenvalue weighted by molar-refractivity contribution is 5.82. The van der Waals surface area contributed by atoms with Gasteiger partial charge in [0.2, 0.25) is 0 Å². The second kappa shape index (κ2) is 5.33. The molecule has 1 heteroatoms. The Hall–Kier alpha value is -0.330. The smallest absolute Gasteiger partial charge is 0.136 e. The van der Waals surface area contributed by atoms with Gasteiger partial charge in [-0.05, 0) is 42.9 Å². The second-order valence-corrected chi connectivity index (χ2v) is 6.26. The molecular formula is C15H28O. The lowest BCUT2D eigenvalue weighted by Crippen LogP contribution is -2.23. The van der Waals surface area contributed by atoms with Crippen LogP contribution in [0.3, 0.4) is 0 Å². The van der Waals surface area contributed by atoms with Crippen LogP contribution in [0, 0.1) is 23.2 Å². The molecule has 0 radical (unpaired) electrons. The zero-order chi connectivity index (χ0) is 12.3. The van der Waals surface area contributed by atoms with E-state index in [-0.39, 0.29) is 0 Å². The Labute approximate surface area is 101 Å². The van der Waals surface area contributed by atoms with Crippen LogP contribution < -0.4 is 0 Å². The molecule has 94 valence electrons. The molecule has 0 aromatic heterocycles. The normalized spacial score (nSPS) is 34.1. The summed E-state index contributed by atoms with van der Waals surface area (Å²) in [6.07, 6.45) is 5.80. The van der Waals surface area contributed by atoms with Gasteiger partial charge in [-0.25, -0.2) is 0 Å². The van der Waals surface area contributed by atoms with Gasteiger partial charge in [-0.3, -0.25) is 4.79 Å². The first-order valence-electron chi connectivity index (χ1n) is 7.01. The van der Waals surface area contributed by atoms with Crippen molar-refractivity contribution in [2.45, 2.75) is 66.7 Å². The molecule has 1 nitrogen and oxygen atoms in total. The molecule has 0 N–H and O–H groups in total. The molecule has 2 saturated carbocycles. The minimum Gasteiger partial charge on any atom is -0.299 e. The Morgan fingerprint density at radius 2 is 1.75 bits per heavy atom. The number of carbonyl (C=O) groups excluding carboxylic acids is 1. The van der Waals surface area contributed by atoms with Crippen molar-refractivity contribution in [2.75, 3.05) is 0 Å². The van der Waals surface area contributed by atoms with Gasteiger partial charge in [0.25, 0.3) is 0 Å². The van der Waals surface area contributed by atoms with E-state index in [0.29, 0.717) is 17.1 Å². The van der Waals surface area contributed by atoms with Gasteiger partial charge >= 0.3 is 0 Å². The first-order valence-corrected chi connectivity index (χ1v) is 7.01. The van der Waals surface area contributed by atoms with Gasteiger partial charge in [0, 0.05) is 12.3 Å². The minimum absolute atomic E-state index is 0.400. The zero-order valence-corrected chi connectivity index (χ0v) is 11.7. The molecule has 0 aromatic carbocycles. The molecule has 0 aromatic rings. The Balaban J connectivity index is 0.000000606. The van der Waals surface area contributed by atoms with Crippen LogP contribution in [-0.2, 0) is 4.79 Å². The van der Waals surface area contributed by atoms with Crippen LogP contribution in [-0.4, -0.2) is 5.78 Å². The maximum atomic E-state index is 11.7. The quantitative estimate of drug-likeness (QED) is 0.594. The van der Waals surface area contributed by atoms with E-state index in [1.165, 1.54) is 19.3 Å². The third-order valence-corrected chi connectivity index (χ3v) is 4.33. The zero-order valence-electron chi connectivity index (χ0n) is 11.7. The predicted molar refractivity (Wildman–Crippen MR) is 69.4 cm³/mol. The molecule has 2 fully saturated rings. The first kappa shape index (κ1) is 13.7. The molecule has 2 aliphatic rings. The molecule has 0 amide bonds. The number of hydrogen-bond acceptors (Lipinski definition) is 1. The molecule has 0 heterocycles. The highest BCUT2D eigenvalue weighted by atomic mass is 16.1. The first-order chi connectivity index (χ1) is 7.48. The van der Waals surface area contributed by atoms with Crippen molar-refractivity contribution in [3.8, 4) is 0 Å². The van der Waals surface area contributed by atoms with Gasteiger partial charge in [-0.2, -0.15) is 0 Å². The Kier molecular flexibility index (Phi) is 4.58. The monoisotopic (exact) mass is 224 g/mol. The van der Waals surface area contributed by atoms with E-state index in [2.05, 4.69) is 20.8 Å². The van der Waals surface area contributed by atoms with E-state index >= 15 is 0 Å². The molecular weight excluding hydrogens is 196 g/mol. The topological polar surface area (TPSA) is 17.1 Å². The molecule has 0 saturated heterocycles. The molecule has 0 bridgehead atoms. The van der Waals surface area contributed by atoms with Crippen molar-refractivity contribution in [1.29, 1.82) is 0 Å². The maximum Gasteiger partial charge on any atom is 0.136 e. The van der Waals surface area contributed by atoms with Gasteiger partial charge in [0.1, 0.15) is 5.78 Å². The average molecular weight is 224 g/mol. The molecule has 3 unspecified atom stereocenters. The Morgan fingerprint density at radius 1 is 1.12 bits per heavy atom. The number of fused-ring (bicyclic) bond motifs is 1. The fourth-order valence-electron chi connectivity index (χ4n) is 3.27. The summed E-state index contributed by atoms with van der Waals surface area (Å²) in [7, 11) is 0. The van der Waals surface area contributed by atoms with E-state index < -0.39 is 0 Å². The molecule has 16 heavy (non-hydrogen) atoms. The molecule has 2 aliphatic carbocycles. The van der Waals surface area contributed by atoms with Crippen molar-refractivity contribution in [3.63, 3.8) is 0 Å². The summed E-state index contributed by atoms with van der Waals surface area (Å²) in [4.78, 5) is 11.7. The van der Waals surface area contributed by atoms with E-state index in [4.69, 9.17) is 0 Å². The summed E-state index contributed by atoms with van der Waals surface area (Å²) >= 11 is 0. The van der Waals surface area contributed by atoms with Crippen LogP contribution in [0.5, 0.6) is 0 Å². The SMILES string of the molecule is CC.CC(C)(C)C1CC2CCCC(=O)C2C1. The van der Waals surface area contributed by atoms with Crippen molar-refractivity contribution < 1.29 is 4.79 Å². The van der Waals surface area contributed by atoms with Gasteiger partial charge in [-0.15, -0.1) is 0 Å². The van der Waals surface area contributed by atoms with Crippen LogP contribution in [0.4, 0.5) is 0 Å². The van der Waals surface area contributed by atoms with Crippen LogP contribution in [0.25, 0.3) is 0 Å². The molecule has 2 rings (SSSR count). The van der Waals surface area contributed by atoms with Gasteiger partial charge in [-0.1, -0.05) is 34.6 Å². The van der Waals surface area contributed by atoms with E-state index in [0.717, 1.165) is 24.7 Å². The lowest BCUT2D eigenvalue weighted by Gasteiger charge is -2.26. The number of carbonyl (C=O) groups is 1. The van der Waals surface area contributed by atoms with Crippen LogP contribution >= 0.6 is 0 Å². The maximum absolute atomic E-state index is 11.7. The molecule has 3 atom stereocenters. The van der Waals surface area contributed by atoms with Crippen molar-refractivity contribution in [1.82, 2.24) is 0 Å².